The summed E-state index contributed by atoms with van der Waals surface area (Å²) in [5.74, 6) is 0.626. The summed E-state index contributed by atoms with van der Waals surface area (Å²) in [6.45, 7) is 10.9. The van der Waals surface area contributed by atoms with Gasteiger partial charge in [0.25, 0.3) is 0 Å². The highest BCUT2D eigenvalue weighted by Crippen LogP contribution is 2.32. The number of hydrogen-bond acceptors (Lipinski definition) is 4. The van der Waals surface area contributed by atoms with Gasteiger partial charge in [-0.2, -0.15) is 0 Å². The lowest BCUT2D eigenvalue weighted by molar-refractivity contribution is -0.141. The Labute approximate surface area is 170 Å². The van der Waals surface area contributed by atoms with E-state index in [2.05, 4.69) is 39.6 Å². The predicted molar refractivity (Wildman–Crippen MR) is 112 cm³/mol. The molecule has 3 saturated heterocycles. The predicted octanol–water partition coefficient (Wildman–Crippen LogP) is 3.16. The minimum atomic E-state index is 0.0526. The molecule has 3 fully saturated rings. The average molecular weight is 385 g/mol. The minimum absolute atomic E-state index is 0.0526. The van der Waals surface area contributed by atoms with Crippen molar-refractivity contribution in [2.45, 2.75) is 70.5 Å². The van der Waals surface area contributed by atoms with Crippen LogP contribution in [0.5, 0.6) is 0 Å². The molecular weight excluding hydrogens is 348 g/mol. The number of likely N-dealkylation sites (tertiary alicyclic amines) is 3. The maximum absolute atomic E-state index is 13.2. The highest BCUT2D eigenvalue weighted by molar-refractivity contribution is 5.80. The lowest BCUT2D eigenvalue weighted by Gasteiger charge is -2.43. The van der Waals surface area contributed by atoms with Crippen LogP contribution in [0.25, 0.3) is 0 Å². The van der Waals surface area contributed by atoms with Crippen LogP contribution in [0.4, 0.5) is 0 Å². The Morgan fingerprint density at radius 1 is 1.14 bits per heavy atom. The van der Waals surface area contributed by atoms with E-state index in [0.29, 0.717) is 11.9 Å². The van der Waals surface area contributed by atoms with E-state index in [1.54, 1.807) is 0 Å². The van der Waals surface area contributed by atoms with Gasteiger partial charge in [0.1, 0.15) is 0 Å². The molecule has 0 bridgehead atoms. The third-order valence-corrected chi connectivity index (χ3v) is 7.17. The van der Waals surface area contributed by atoms with Gasteiger partial charge < -0.3 is 4.90 Å². The molecule has 4 rings (SSSR count). The van der Waals surface area contributed by atoms with E-state index in [4.69, 9.17) is 0 Å². The molecule has 1 aromatic heterocycles. The van der Waals surface area contributed by atoms with Crippen molar-refractivity contribution < 1.29 is 4.79 Å². The number of carbonyl (C=O) groups is 1. The zero-order valence-corrected chi connectivity index (χ0v) is 17.6. The Balaban J connectivity index is 1.29. The smallest absolute Gasteiger partial charge is 0.227 e. The van der Waals surface area contributed by atoms with Crippen LogP contribution in [0.3, 0.4) is 0 Å². The molecule has 3 aliphatic rings. The van der Waals surface area contributed by atoms with Gasteiger partial charge in [0, 0.05) is 43.6 Å². The molecule has 154 valence electrons. The lowest BCUT2D eigenvalue weighted by atomic mass is 9.91. The highest BCUT2D eigenvalue weighted by Gasteiger charge is 2.40. The molecule has 0 spiro atoms. The van der Waals surface area contributed by atoms with Crippen LogP contribution < -0.4 is 0 Å². The van der Waals surface area contributed by atoms with Gasteiger partial charge in [0.2, 0.25) is 5.91 Å². The van der Waals surface area contributed by atoms with Crippen molar-refractivity contribution in [1.82, 2.24) is 19.7 Å². The normalized spacial score (nSPS) is 27.2. The summed E-state index contributed by atoms with van der Waals surface area (Å²) in [6, 6.07) is 4.83. The fourth-order valence-corrected chi connectivity index (χ4v) is 5.47. The third-order valence-electron chi connectivity index (χ3n) is 7.17. The van der Waals surface area contributed by atoms with Gasteiger partial charge in [-0.15, -0.1) is 0 Å². The number of hydrogen-bond donors (Lipinski definition) is 0. The van der Waals surface area contributed by atoms with Crippen LogP contribution in [0.1, 0.15) is 57.9 Å². The quantitative estimate of drug-likeness (QED) is 0.799. The van der Waals surface area contributed by atoms with Gasteiger partial charge in [-0.25, -0.2) is 0 Å². The summed E-state index contributed by atoms with van der Waals surface area (Å²) >= 11 is 0. The van der Waals surface area contributed by atoms with E-state index < -0.39 is 0 Å². The van der Waals surface area contributed by atoms with Crippen LogP contribution in [-0.2, 0) is 11.3 Å². The lowest BCUT2D eigenvalue weighted by Crippen LogP contribution is -2.53. The summed E-state index contributed by atoms with van der Waals surface area (Å²) in [7, 11) is 0. The second-order valence-corrected chi connectivity index (χ2v) is 9.61. The van der Waals surface area contributed by atoms with Crippen LogP contribution in [0.2, 0.25) is 0 Å². The summed E-state index contributed by atoms with van der Waals surface area (Å²) in [5, 5.41) is 0. The maximum atomic E-state index is 13.2. The number of rotatable bonds is 4. The fourth-order valence-electron chi connectivity index (χ4n) is 5.47. The molecule has 1 amide bonds. The van der Waals surface area contributed by atoms with Crippen LogP contribution in [0, 0.1) is 5.92 Å². The van der Waals surface area contributed by atoms with E-state index >= 15 is 0 Å². The first-order valence-electron chi connectivity index (χ1n) is 11.2. The number of piperidine rings is 2. The Morgan fingerprint density at radius 2 is 1.96 bits per heavy atom. The standard InChI is InChI=1S/C23H36N4O/c1-23(2)10-5-13-27(23)22(28)20-7-4-12-26(18-20)21-8-14-25(15-9-21)17-19-6-3-11-24-16-19/h3,6,11,16,20-21H,4-5,7-10,12-15,17-18H2,1-2H3. The number of nitrogens with zero attached hydrogens (tertiary/aromatic N) is 4. The van der Waals surface area contributed by atoms with Crippen molar-refractivity contribution in [2.75, 3.05) is 32.7 Å². The molecule has 0 aromatic carbocycles. The Morgan fingerprint density at radius 3 is 2.64 bits per heavy atom. The Bertz CT molecular complexity index is 654. The molecule has 0 radical (unpaired) electrons. The monoisotopic (exact) mass is 384 g/mol. The molecule has 1 atom stereocenters. The third kappa shape index (κ3) is 4.41. The SMILES string of the molecule is CC1(C)CCCN1C(=O)C1CCCN(C2CCN(Cc3cccnc3)CC2)C1. The van der Waals surface area contributed by atoms with E-state index in [0.717, 1.165) is 52.0 Å². The topological polar surface area (TPSA) is 39.7 Å². The molecular formula is C23H36N4O. The first kappa shape index (κ1) is 19.8. The summed E-state index contributed by atoms with van der Waals surface area (Å²) in [5.41, 5.74) is 1.36. The number of pyridine rings is 1. The zero-order chi connectivity index (χ0) is 19.6. The van der Waals surface area contributed by atoms with Gasteiger partial charge in [-0.3, -0.25) is 19.6 Å². The maximum Gasteiger partial charge on any atom is 0.227 e. The molecule has 4 heterocycles. The Kier molecular flexibility index (Phi) is 6.02. The first-order valence-corrected chi connectivity index (χ1v) is 11.2. The first-order chi connectivity index (χ1) is 13.5. The highest BCUT2D eigenvalue weighted by atomic mass is 16.2. The van der Waals surface area contributed by atoms with Crippen LogP contribution in [-0.4, -0.2) is 69.9 Å². The summed E-state index contributed by atoms with van der Waals surface area (Å²) in [4.78, 5) is 24.8. The van der Waals surface area contributed by atoms with Crippen LogP contribution >= 0.6 is 0 Å². The number of amides is 1. The molecule has 0 saturated carbocycles. The molecule has 0 N–H and O–H groups in total. The van der Waals surface area contributed by atoms with Crippen LogP contribution in [0.15, 0.2) is 24.5 Å². The van der Waals surface area contributed by atoms with Crippen molar-refractivity contribution in [3.8, 4) is 0 Å². The van der Waals surface area contributed by atoms with Crippen molar-refractivity contribution in [3.63, 3.8) is 0 Å². The van der Waals surface area contributed by atoms with E-state index in [1.165, 1.54) is 31.4 Å². The molecule has 5 heteroatoms. The second kappa shape index (κ2) is 8.50. The van der Waals surface area contributed by atoms with Crippen molar-refractivity contribution in [2.24, 2.45) is 5.92 Å². The van der Waals surface area contributed by atoms with Gasteiger partial charge >= 0.3 is 0 Å². The van der Waals surface area contributed by atoms with E-state index in [9.17, 15) is 4.79 Å². The molecule has 1 unspecified atom stereocenters. The molecule has 28 heavy (non-hydrogen) atoms. The Hall–Kier alpha value is -1.46. The summed E-state index contributed by atoms with van der Waals surface area (Å²) in [6.07, 6.45) is 10.8. The fraction of sp³-hybridized carbons (Fsp3) is 0.739. The average Bonchev–Trinajstić information content (AvgIpc) is 3.08. The van der Waals surface area contributed by atoms with Crippen molar-refractivity contribution in [1.29, 1.82) is 0 Å². The summed E-state index contributed by atoms with van der Waals surface area (Å²) < 4.78 is 0. The number of carbonyl (C=O) groups excluding carboxylic acids is 1. The molecule has 0 aliphatic carbocycles. The molecule has 5 nitrogen and oxygen atoms in total. The van der Waals surface area contributed by atoms with Gasteiger partial charge in [-0.05, 0) is 83.6 Å². The minimum Gasteiger partial charge on any atom is -0.337 e. The van der Waals surface area contributed by atoms with Gasteiger partial charge in [0.05, 0.1) is 5.92 Å². The van der Waals surface area contributed by atoms with Crippen molar-refractivity contribution >= 4 is 5.91 Å². The van der Waals surface area contributed by atoms with Gasteiger partial charge in [0.15, 0.2) is 0 Å². The van der Waals surface area contributed by atoms with Gasteiger partial charge in [-0.1, -0.05) is 6.07 Å². The van der Waals surface area contributed by atoms with Crippen molar-refractivity contribution in [3.05, 3.63) is 30.1 Å². The van der Waals surface area contributed by atoms with E-state index in [-0.39, 0.29) is 11.5 Å². The largest absolute Gasteiger partial charge is 0.337 e. The molecule has 3 aliphatic heterocycles. The second-order valence-electron chi connectivity index (χ2n) is 9.61. The zero-order valence-electron chi connectivity index (χ0n) is 17.6. The number of aromatic nitrogens is 1. The molecule has 1 aromatic rings. The van der Waals surface area contributed by atoms with E-state index in [1.807, 2.05) is 18.5 Å².